The van der Waals surface area contributed by atoms with Crippen molar-refractivity contribution in [2.75, 3.05) is 26.7 Å². The standard InChI is InChI=1S/C11H21N5O2S/c1-12-8-10-2-6-16(7-3-10)19(17,18)15-9-11-13-4-5-14-11/h4-5,10,12,15H,2-3,6-9H2,1H3,(H,13,14). The summed E-state index contributed by atoms with van der Waals surface area (Å²) in [6, 6.07) is 0. The van der Waals surface area contributed by atoms with E-state index in [0.717, 1.165) is 19.4 Å². The third-order valence-corrected chi connectivity index (χ3v) is 4.94. The highest BCUT2D eigenvalue weighted by atomic mass is 32.2. The Labute approximate surface area is 114 Å². The van der Waals surface area contributed by atoms with Crippen LogP contribution in [-0.2, 0) is 16.8 Å². The number of H-pyrrole nitrogens is 1. The Balaban J connectivity index is 1.83. The minimum absolute atomic E-state index is 0.200. The molecule has 7 nitrogen and oxygen atoms in total. The minimum Gasteiger partial charge on any atom is -0.347 e. The quantitative estimate of drug-likeness (QED) is 0.668. The highest BCUT2D eigenvalue weighted by molar-refractivity contribution is 7.87. The zero-order valence-corrected chi connectivity index (χ0v) is 11.9. The fourth-order valence-corrected chi connectivity index (χ4v) is 3.48. The number of piperidine rings is 1. The van der Waals surface area contributed by atoms with E-state index in [1.54, 1.807) is 12.4 Å². The monoisotopic (exact) mass is 287 g/mol. The molecule has 2 rings (SSSR count). The molecule has 1 saturated heterocycles. The van der Waals surface area contributed by atoms with Crippen molar-refractivity contribution in [1.29, 1.82) is 0 Å². The molecule has 2 heterocycles. The van der Waals surface area contributed by atoms with Gasteiger partial charge in [-0.05, 0) is 32.4 Å². The van der Waals surface area contributed by atoms with E-state index in [0.29, 0.717) is 24.8 Å². The maximum atomic E-state index is 12.1. The van der Waals surface area contributed by atoms with Crippen molar-refractivity contribution in [3.8, 4) is 0 Å². The molecule has 0 aliphatic carbocycles. The number of nitrogens with one attached hydrogen (secondary N) is 3. The molecule has 1 aromatic rings. The van der Waals surface area contributed by atoms with Crippen LogP contribution in [0.25, 0.3) is 0 Å². The minimum atomic E-state index is -3.39. The number of hydrogen-bond donors (Lipinski definition) is 3. The molecule has 0 atom stereocenters. The predicted molar refractivity (Wildman–Crippen MR) is 72.6 cm³/mol. The summed E-state index contributed by atoms with van der Waals surface area (Å²) in [6.45, 7) is 2.32. The lowest BCUT2D eigenvalue weighted by molar-refractivity contribution is 0.268. The van der Waals surface area contributed by atoms with E-state index in [4.69, 9.17) is 0 Å². The molecule has 1 aliphatic rings. The fraction of sp³-hybridized carbons (Fsp3) is 0.727. The van der Waals surface area contributed by atoms with Crippen LogP contribution in [0.15, 0.2) is 12.4 Å². The van der Waals surface area contributed by atoms with Gasteiger partial charge in [-0.1, -0.05) is 0 Å². The summed E-state index contributed by atoms with van der Waals surface area (Å²) < 4.78 is 28.3. The van der Waals surface area contributed by atoms with E-state index in [2.05, 4.69) is 20.0 Å². The van der Waals surface area contributed by atoms with Gasteiger partial charge in [-0.25, -0.2) is 4.98 Å². The van der Waals surface area contributed by atoms with Gasteiger partial charge in [-0.15, -0.1) is 0 Å². The van der Waals surface area contributed by atoms with Crippen molar-refractivity contribution in [1.82, 2.24) is 24.3 Å². The van der Waals surface area contributed by atoms with Crippen LogP contribution in [0.1, 0.15) is 18.7 Å². The summed E-state index contributed by atoms with van der Waals surface area (Å²) in [5, 5.41) is 3.14. The lowest BCUT2D eigenvalue weighted by Crippen LogP contribution is -2.45. The first kappa shape index (κ1) is 14.4. The van der Waals surface area contributed by atoms with Crippen LogP contribution in [-0.4, -0.2) is 49.4 Å². The molecular weight excluding hydrogens is 266 g/mol. The maximum Gasteiger partial charge on any atom is 0.279 e. The van der Waals surface area contributed by atoms with Crippen molar-refractivity contribution in [2.45, 2.75) is 19.4 Å². The molecule has 0 radical (unpaired) electrons. The summed E-state index contributed by atoms with van der Waals surface area (Å²) in [6.07, 6.45) is 5.09. The molecule has 0 aromatic carbocycles. The van der Waals surface area contributed by atoms with E-state index < -0.39 is 10.2 Å². The van der Waals surface area contributed by atoms with Crippen molar-refractivity contribution in [3.63, 3.8) is 0 Å². The fourth-order valence-electron chi connectivity index (χ4n) is 2.29. The Bertz CT molecular complexity index is 465. The van der Waals surface area contributed by atoms with E-state index in [1.807, 2.05) is 7.05 Å². The molecular formula is C11H21N5O2S. The smallest absolute Gasteiger partial charge is 0.279 e. The van der Waals surface area contributed by atoms with Crippen LogP contribution in [0.2, 0.25) is 0 Å². The van der Waals surface area contributed by atoms with Crippen LogP contribution < -0.4 is 10.0 Å². The molecule has 1 fully saturated rings. The third-order valence-electron chi connectivity index (χ3n) is 3.38. The number of rotatable bonds is 6. The van der Waals surface area contributed by atoms with Crippen molar-refractivity contribution < 1.29 is 8.42 Å². The number of hydrogen-bond acceptors (Lipinski definition) is 4. The normalized spacial score (nSPS) is 18.8. The summed E-state index contributed by atoms with van der Waals surface area (Å²) in [4.78, 5) is 6.86. The molecule has 108 valence electrons. The lowest BCUT2D eigenvalue weighted by atomic mass is 9.98. The number of aromatic amines is 1. The molecule has 0 saturated carbocycles. The molecule has 0 unspecified atom stereocenters. The van der Waals surface area contributed by atoms with Gasteiger partial charge >= 0.3 is 0 Å². The predicted octanol–water partition coefficient (Wildman–Crippen LogP) is -0.324. The van der Waals surface area contributed by atoms with Crippen molar-refractivity contribution in [2.24, 2.45) is 5.92 Å². The zero-order chi connectivity index (χ0) is 13.7. The number of nitrogens with zero attached hydrogens (tertiary/aromatic N) is 2. The van der Waals surface area contributed by atoms with Crippen molar-refractivity contribution in [3.05, 3.63) is 18.2 Å². The van der Waals surface area contributed by atoms with Gasteiger partial charge in [0.15, 0.2) is 0 Å². The van der Waals surface area contributed by atoms with Gasteiger partial charge < -0.3 is 10.3 Å². The van der Waals surface area contributed by atoms with Gasteiger partial charge in [-0.2, -0.15) is 17.4 Å². The van der Waals surface area contributed by atoms with E-state index >= 15 is 0 Å². The second-order valence-electron chi connectivity index (χ2n) is 4.76. The third kappa shape index (κ3) is 4.00. The van der Waals surface area contributed by atoms with E-state index in [9.17, 15) is 8.42 Å². The number of aromatic nitrogens is 2. The summed E-state index contributed by atoms with van der Waals surface area (Å²) in [5.74, 6) is 1.19. The Kier molecular flexibility index (Phi) is 4.92. The van der Waals surface area contributed by atoms with E-state index in [-0.39, 0.29) is 6.54 Å². The second-order valence-corrected chi connectivity index (χ2v) is 6.52. The van der Waals surface area contributed by atoms with Crippen molar-refractivity contribution >= 4 is 10.2 Å². The van der Waals surface area contributed by atoms with Crippen LogP contribution in [0.3, 0.4) is 0 Å². The summed E-state index contributed by atoms with van der Waals surface area (Å²) in [7, 11) is -1.47. The molecule has 19 heavy (non-hydrogen) atoms. The zero-order valence-electron chi connectivity index (χ0n) is 11.1. The highest BCUT2D eigenvalue weighted by Gasteiger charge is 2.27. The molecule has 8 heteroatoms. The highest BCUT2D eigenvalue weighted by Crippen LogP contribution is 2.18. The number of imidazole rings is 1. The molecule has 1 aliphatic heterocycles. The maximum absolute atomic E-state index is 12.1. The van der Waals surface area contributed by atoms with Gasteiger partial charge in [-0.3, -0.25) is 0 Å². The summed E-state index contributed by atoms with van der Waals surface area (Å²) in [5.41, 5.74) is 0. The van der Waals surface area contributed by atoms with Crippen LogP contribution >= 0.6 is 0 Å². The van der Waals surface area contributed by atoms with E-state index in [1.165, 1.54) is 4.31 Å². The largest absolute Gasteiger partial charge is 0.347 e. The molecule has 0 amide bonds. The average molecular weight is 287 g/mol. The first-order chi connectivity index (χ1) is 9.12. The Morgan fingerprint density at radius 3 is 2.79 bits per heavy atom. The van der Waals surface area contributed by atoms with Crippen LogP contribution in [0.5, 0.6) is 0 Å². The Morgan fingerprint density at radius 2 is 2.21 bits per heavy atom. The van der Waals surface area contributed by atoms with Gasteiger partial charge in [0.2, 0.25) is 0 Å². The van der Waals surface area contributed by atoms with Crippen LogP contribution in [0, 0.1) is 5.92 Å². The van der Waals surface area contributed by atoms with Gasteiger partial charge in [0.25, 0.3) is 10.2 Å². The molecule has 0 bridgehead atoms. The van der Waals surface area contributed by atoms with Gasteiger partial charge in [0.05, 0.1) is 6.54 Å². The van der Waals surface area contributed by atoms with Crippen LogP contribution in [0.4, 0.5) is 0 Å². The molecule has 0 spiro atoms. The SMILES string of the molecule is CNCC1CCN(S(=O)(=O)NCc2ncc[nH]2)CC1. The second kappa shape index (κ2) is 6.47. The first-order valence-corrected chi connectivity index (χ1v) is 7.93. The molecule has 1 aromatic heterocycles. The Hall–Kier alpha value is -0.960. The van der Waals surface area contributed by atoms with Gasteiger partial charge in [0.1, 0.15) is 5.82 Å². The first-order valence-electron chi connectivity index (χ1n) is 6.49. The topological polar surface area (TPSA) is 90.1 Å². The lowest BCUT2D eigenvalue weighted by Gasteiger charge is -2.30. The average Bonchev–Trinajstić information content (AvgIpc) is 2.91. The Morgan fingerprint density at radius 1 is 1.47 bits per heavy atom. The molecule has 3 N–H and O–H groups in total. The summed E-state index contributed by atoms with van der Waals surface area (Å²) >= 11 is 0. The van der Waals surface area contributed by atoms with Gasteiger partial charge in [0, 0.05) is 25.5 Å².